The molecular formula is C15H22N2O3. The van der Waals surface area contributed by atoms with Crippen molar-refractivity contribution in [2.75, 3.05) is 20.2 Å². The van der Waals surface area contributed by atoms with Gasteiger partial charge in [-0.25, -0.2) is 0 Å². The Morgan fingerprint density at radius 3 is 2.90 bits per heavy atom. The van der Waals surface area contributed by atoms with Crippen molar-refractivity contribution in [3.05, 3.63) is 29.8 Å². The molecule has 1 aromatic rings. The number of carbonyl (C=O) groups excluding carboxylic acids is 1. The van der Waals surface area contributed by atoms with Crippen LogP contribution in [0.15, 0.2) is 24.3 Å². The van der Waals surface area contributed by atoms with Gasteiger partial charge in [0.2, 0.25) is 5.91 Å². The summed E-state index contributed by atoms with van der Waals surface area (Å²) < 4.78 is 5.57. The van der Waals surface area contributed by atoms with Crippen LogP contribution in [-0.2, 0) is 11.3 Å². The molecule has 1 aromatic carbocycles. The number of carbonyl (C=O) groups is 1. The Balaban J connectivity index is 2.00. The van der Waals surface area contributed by atoms with Crippen LogP contribution in [0, 0.1) is 0 Å². The Kier molecular flexibility index (Phi) is 4.98. The highest BCUT2D eigenvalue weighted by Crippen LogP contribution is 2.20. The summed E-state index contributed by atoms with van der Waals surface area (Å²) in [7, 11) is 1.78. The fourth-order valence-electron chi connectivity index (χ4n) is 2.44. The molecule has 2 rings (SSSR count). The average molecular weight is 278 g/mol. The number of aliphatic hydroxyl groups excluding tert-OH is 1. The molecule has 0 bridgehead atoms. The molecule has 5 nitrogen and oxygen atoms in total. The normalized spacial score (nSPS) is 21.8. The highest BCUT2D eigenvalue weighted by atomic mass is 16.5. The number of amides is 1. The van der Waals surface area contributed by atoms with Gasteiger partial charge in [-0.1, -0.05) is 18.2 Å². The molecule has 1 aliphatic rings. The molecule has 0 spiro atoms. The Morgan fingerprint density at radius 1 is 1.50 bits per heavy atom. The first kappa shape index (κ1) is 14.8. The number of para-hydroxylation sites is 1. The van der Waals surface area contributed by atoms with E-state index in [9.17, 15) is 9.90 Å². The van der Waals surface area contributed by atoms with Crippen LogP contribution < -0.4 is 10.1 Å². The van der Waals surface area contributed by atoms with Crippen LogP contribution in [0.5, 0.6) is 5.75 Å². The van der Waals surface area contributed by atoms with E-state index in [2.05, 4.69) is 5.32 Å². The fraction of sp³-hybridized carbons (Fsp3) is 0.533. The van der Waals surface area contributed by atoms with Crippen LogP contribution in [0.3, 0.4) is 0 Å². The maximum absolute atomic E-state index is 12.3. The van der Waals surface area contributed by atoms with Gasteiger partial charge >= 0.3 is 0 Å². The maximum Gasteiger partial charge on any atom is 0.239 e. The first-order chi connectivity index (χ1) is 9.61. The van der Waals surface area contributed by atoms with Crippen LogP contribution in [0.4, 0.5) is 0 Å². The predicted molar refractivity (Wildman–Crippen MR) is 76.5 cm³/mol. The average Bonchev–Trinajstić information content (AvgIpc) is 2.87. The number of rotatable bonds is 5. The van der Waals surface area contributed by atoms with Crippen molar-refractivity contribution < 1.29 is 14.6 Å². The van der Waals surface area contributed by atoms with Gasteiger partial charge in [0.15, 0.2) is 0 Å². The predicted octanol–water partition coefficient (Wildman–Crippen LogP) is 0.766. The van der Waals surface area contributed by atoms with Crippen LogP contribution in [-0.4, -0.2) is 48.3 Å². The van der Waals surface area contributed by atoms with Crippen molar-refractivity contribution in [1.82, 2.24) is 10.2 Å². The van der Waals surface area contributed by atoms with E-state index >= 15 is 0 Å². The van der Waals surface area contributed by atoms with Crippen LogP contribution >= 0.6 is 0 Å². The van der Waals surface area contributed by atoms with Gasteiger partial charge in [0.05, 0.1) is 18.8 Å². The van der Waals surface area contributed by atoms with Crippen LogP contribution in [0.25, 0.3) is 0 Å². The second-order valence-corrected chi connectivity index (χ2v) is 5.09. The monoisotopic (exact) mass is 278 g/mol. The number of ether oxygens (including phenoxy) is 1. The topological polar surface area (TPSA) is 61.8 Å². The minimum absolute atomic E-state index is 0.00727. The third-order valence-corrected chi connectivity index (χ3v) is 3.46. The van der Waals surface area contributed by atoms with E-state index in [-0.39, 0.29) is 11.9 Å². The number of nitrogens with one attached hydrogen (secondary N) is 1. The molecule has 5 heteroatoms. The molecule has 2 atom stereocenters. The molecule has 2 N–H and O–H groups in total. The van der Waals surface area contributed by atoms with E-state index in [4.69, 9.17) is 4.74 Å². The number of benzene rings is 1. The Labute approximate surface area is 119 Å². The smallest absolute Gasteiger partial charge is 0.239 e. The van der Waals surface area contributed by atoms with Crippen molar-refractivity contribution in [3.63, 3.8) is 0 Å². The lowest BCUT2D eigenvalue weighted by Crippen LogP contribution is -2.41. The Morgan fingerprint density at radius 2 is 2.25 bits per heavy atom. The van der Waals surface area contributed by atoms with Gasteiger partial charge in [-0.15, -0.1) is 0 Å². The first-order valence-corrected chi connectivity index (χ1v) is 6.99. The highest BCUT2D eigenvalue weighted by Gasteiger charge is 2.30. The third kappa shape index (κ3) is 3.49. The second-order valence-electron chi connectivity index (χ2n) is 5.09. The van der Waals surface area contributed by atoms with Gasteiger partial charge < -0.3 is 20.1 Å². The third-order valence-electron chi connectivity index (χ3n) is 3.46. The summed E-state index contributed by atoms with van der Waals surface area (Å²) in [6.07, 6.45) is 0.0593. The summed E-state index contributed by atoms with van der Waals surface area (Å²) in [5.41, 5.74) is 0.990. The second kappa shape index (κ2) is 6.72. The van der Waals surface area contributed by atoms with Crippen molar-refractivity contribution >= 4 is 5.91 Å². The number of β-amino-alcohol motifs (C(OH)–C–C–N with tert-alkyl or cyclic N) is 1. The molecule has 0 radical (unpaired) electrons. The fourth-order valence-corrected chi connectivity index (χ4v) is 2.44. The quantitative estimate of drug-likeness (QED) is 0.835. The lowest BCUT2D eigenvalue weighted by molar-refractivity contribution is -0.132. The van der Waals surface area contributed by atoms with E-state index in [0.717, 1.165) is 11.3 Å². The molecule has 1 aliphatic heterocycles. The number of aliphatic hydroxyl groups is 1. The summed E-state index contributed by atoms with van der Waals surface area (Å²) >= 11 is 0. The molecule has 1 heterocycles. The van der Waals surface area contributed by atoms with E-state index in [1.807, 2.05) is 31.2 Å². The SMILES string of the molecule is CCOc1ccccc1CN(C)C(=O)[C@H]1C[C@H](O)CN1. The molecular weight excluding hydrogens is 256 g/mol. The van der Waals surface area contributed by atoms with Gasteiger partial charge in [0, 0.05) is 25.7 Å². The summed E-state index contributed by atoms with van der Waals surface area (Å²) in [4.78, 5) is 14.0. The summed E-state index contributed by atoms with van der Waals surface area (Å²) in [6, 6.07) is 7.45. The van der Waals surface area contributed by atoms with E-state index in [1.165, 1.54) is 0 Å². The molecule has 0 saturated carbocycles. The lowest BCUT2D eigenvalue weighted by Gasteiger charge is -2.22. The van der Waals surface area contributed by atoms with Gasteiger partial charge in [0.25, 0.3) is 0 Å². The van der Waals surface area contributed by atoms with Crippen LogP contribution in [0.1, 0.15) is 18.9 Å². The van der Waals surface area contributed by atoms with E-state index in [1.54, 1.807) is 11.9 Å². The van der Waals surface area contributed by atoms with Crippen LogP contribution in [0.2, 0.25) is 0 Å². The first-order valence-electron chi connectivity index (χ1n) is 6.99. The molecule has 1 fully saturated rings. The van der Waals surface area contributed by atoms with Crippen molar-refractivity contribution in [2.24, 2.45) is 0 Å². The zero-order valence-electron chi connectivity index (χ0n) is 12.0. The zero-order valence-corrected chi connectivity index (χ0v) is 12.0. The number of hydrogen-bond acceptors (Lipinski definition) is 4. The minimum Gasteiger partial charge on any atom is -0.494 e. The summed E-state index contributed by atoms with van der Waals surface area (Å²) in [5.74, 6) is 0.821. The number of nitrogens with zero attached hydrogens (tertiary/aromatic N) is 1. The van der Waals surface area contributed by atoms with Crippen molar-refractivity contribution in [1.29, 1.82) is 0 Å². The standard InChI is InChI=1S/C15H22N2O3/c1-3-20-14-7-5-4-6-11(14)10-17(2)15(19)13-8-12(18)9-16-13/h4-7,12-13,16,18H,3,8-10H2,1-2H3/t12-,13+/m0/s1. The molecule has 1 saturated heterocycles. The minimum atomic E-state index is -0.423. The summed E-state index contributed by atoms with van der Waals surface area (Å²) in [5, 5.41) is 12.5. The van der Waals surface area contributed by atoms with Crippen molar-refractivity contribution in [2.45, 2.75) is 32.0 Å². The molecule has 1 amide bonds. The Hall–Kier alpha value is -1.59. The number of hydrogen-bond donors (Lipinski definition) is 2. The molecule has 20 heavy (non-hydrogen) atoms. The van der Waals surface area contributed by atoms with Gasteiger partial charge in [-0.3, -0.25) is 4.79 Å². The van der Waals surface area contributed by atoms with Gasteiger partial charge in [-0.2, -0.15) is 0 Å². The molecule has 0 unspecified atom stereocenters. The summed E-state index contributed by atoms with van der Waals surface area (Å²) in [6.45, 7) is 3.53. The van der Waals surface area contributed by atoms with E-state index < -0.39 is 6.10 Å². The largest absolute Gasteiger partial charge is 0.494 e. The maximum atomic E-state index is 12.3. The van der Waals surface area contributed by atoms with Gasteiger partial charge in [-0.05, 0) is 19.4 Å². The molecule has 0 aromatic heterocycles. The Bertz CT molecular complexity index is 464. The molecule has 110 valence electrons. The van der Waals surface area contributed by atoms with Crippen molar-refractivity contribution in [3.8, 4) is 5.75 Å². The lowest BCUT2D eigenvalue weighted by atomic mass is 10.1. The van der Waals surface area contributed by atoms with E-state index in [0.29, 0.717) is 26.1 Å². The molecule has 0 aliphatic carbocycles. The van der Waals surface area contributed by atoms with Gasteiger partial charge in [0.1, 0.15) is 5.75 Å². The highest BCUT2D eigenvalue weighted by molar-refractivity contribution is 5.82. The number of likely N-dealkylation sites (N-methyl/N-ethyl adjacent to an activating group) is 1. The zero-order chi connectivity index (χ0) is 14.5.